The van der Waals surface area contributed by atoms with Gasteiger partial charge in [0.05, 0.1) is 17.2 Å². The molecular formula is C14H12F3N5OS. The molecule has 0 atom stereocenters. The Morgan fingerprint density at radius 3 is 2.75 bits per heavy atom. The maximum atomic E-state index is 12.9. The van der Waals surface area contributed by atoms with Crippen molar-refractivity contribution in [1.29, 1.82) is 5.26 Å². The highest BCUT2D eigenvalue weighted by atomic mass is 32.1. The minimum atomic E-state index is -4.69. The number of anilines is 2. The van der Waals surface area contributed by atoms with Gasteiger partial charge in [-0.3, -0.25) is 5.32 Å². The molecule has 10 heteroatoms. The van der Waals surface area contributed by atoms with Crippen molar-refractivity contribution < 1.29 is 18.0 Å². The number of hydrogen-bond acceptors (Lipinski definition) is 5. The molecule has 4 N–H and O–H groups in total. The molecule has 0 bridgehead atoms. The molecular weight excluding hydrogens is 343 g/mol. The average Bonchev–Trinajstić information content (AvgIpc) is 2.93. The number of nitriles is 1. The van der Waals surface area contributed by atoms with Gasteiger partial charge in [0.1, 0.15) is 0 Å². The van der Waals surface area contributed by atoms with Crippen LogP contribution in [0.25, 0.3) is 0 Å². The van der Waals surface area contributed by atoms with Crippen molar-refractivity contribution in [2.24, 2.45) is 5.73 Å². The molecule has 1 aromatic heterocycles. The number of thiazole rings is 1. The standard InChI is InChI=1S/C14H12F3N5OS/c15-14(16,17)11-5-9(2-1-8(11)6-19)21-12(23)22-13-20-7-10(24-13)3-4-18/h1-2,5,7H,3-4,18H2,(H2,20,21,22,23). The van der Waals surface area contributed by atoms with Gasteiger partial charge in [0.2, 0.25) is 0 Å². The Morgan fingerprint density at radius 2 is 2.12 bits per heavy atom. The number of benzene rings is 1. The zero-order valence-corrected chi connectivity index (χ0v) is 13.0. The van der Waals surface area contributed by atoms with Crippen LogP contribution in [0.5, 0.6) is 0 Å². The van der Waals surface area contributed by atoms with E-state index in [4.69, 9.17) is 11.0 Å². The molecule has 24 heavy (non-hydrogen) atoms. The molecule has 0 aliphatic heterocycles. The average molecular weight is 355 g/mol. The molecule has 2 rings (SSSR count). The summed E-state index contributed by atoms with van der Waals surface area (Å²) in [4.78, 5) is 16.7. The Balaban J connectivity index is 2.10. The van der Waals surface area contributed by atoms with Crippen molar-refractivity contribution in [3.63, 3.8) is 0 Å². The van der Waals surface area contributed by atoms with Crippen LogP contribution in [0.2, 0.25) is 0 Å². The SMILES string of the molecule is N#Cc1ccc(NC(=O)Nc2ncc(CCN)s2)cc1C(F)(F)F. The van der Waals surface area contributed by atoms with Gasteiger partial charge in [-0.25, -0.2) is 9.78 Å². The van der Waals surface area contributed by atoms with Crippen LogP contribution in [0.4, 0.5) is 28.8 Å². The van der Waals surface area contributed by atoms with Crippen LogP contribution in [0.3, 0.4) is 0 Å². The third-order valence-electron chi connectivity index (χ3n) is 2.87. The fraction of sp³-hybridized carbons (Fsp3) is 0.214. The Morgan fingerprint density at radius 1 is 1.38 bits per heavy atom. The Labute approximate surface area is 139 Å². The number of nitrogens with one attached hydrogen (secondary N) is 2. The molecule has 126 valence electrons. The summed E-state index contributed by atoms with van der Waals surface area (Å²) in [7, 11) is 0. The van der Waals surface area contributed by atoms with Crippen LogP contribution in [-0.2, 0) is 12.6 Å². The third kappa shape index (κ3) is 4.43. The number of hydrogen-bond donors (Lipinski definition) is 3. The maximum absolute atomic E-state index is 12.9. The van der Waals surface area contributed by atoms with E-state index in [1.165, 1.54) is 23.5 Å². The van der Waals surface area contributed by atoms with E-state index in [9.17, 15) is 18.0 Å². The van der Waals surface area contributed by atoms with Gasteiger partial charge in [0.25, 0.3) is 0 Å². The molecule has 1 aromatic carbocycles. The van der Waals surface area contributed by atoms with E-state index in [-0.39, 0.29) is 5.69 Å². The van der Waals surface area contributed by atoms with E-state index in [2.05, 4.69) is 15.6 Å². The second-order valence-corrected chi connectivity index (χ2v) is 5.73. The zero-order valence-electron chi connectivity index (χ0n) is 12.1. The number of urea groups is 1. The maximum Gasteiger partial charge on any atom is 0.417 e. The fourth-order valence-electron chi connectivity index (χ4n) is 1.84. The van der Waals surface area contributed by atoms with Crippen LogP contribution < -0.4 is 16.4 Å². The Bertz CT molecular complexity index is 781. The molecule has 0 unspecified atom stereocenters. The van der Waals surface area contributed by atoms with Gasteiger partial charge in [-0.1, -0.05) is 0 Å². The highest BCUT2D eigenvalue weighted by Gasteiger charge is 2.34. The number of rotatable bonds is 4. The lowest BCUT2D eigenvalue weighted by atomic mass is 10.1. The topological polar surface area (TPSA) is 104 Å². The van der Waals surface area contributed by atoms with E-state index in [0.717, 1.165) is 10.9 Å². The summed E-state index contributed by atoms with van der Waals surface area (Å²) in [6.45, 7) is 0.444. The molecule has 0 aliphatic carbocycles. The second-order valence-electron chi connectivity index (χ2n) is 4.62. The van der Waals surface area contributed by atoms with Gasteiger partial charge in [-0.05, 0) is 31.2 Å². The summed E-state index contributed by atoms with van der Waals surface area (Å²) in [5.41, 5.74) is 3.70. The molecule has 0 radical (unpaired) electrons. The molecule has 0 saturated carbocycles. The molecule has 6 nitrogen and oxygen atoms in total. The molecule has 0 fully saturated rings. The highest BCUT2D eigenvalue weighted by molar-refractivity contribution is 7.15. The number of carbonyl (C=O) groups excluding carboxylic acids is 1. The minimum Gasteiger partial charge on any atom is -0.330 e. The summed E-state index contributed by atoms with van der Waals surface area (Å²) in [6.07, 6.45) is -2.51. The predicted molar refractivity (Wildman–Crippen MR) is 83.7 cm³/mol. The molecule has 0 aliphatic rings. The highest BCUT2D eigenvalue weighted by Crippen LogP contribution is 2.33. The minimum absolute atomic E-state index is 0.0856. The smallest absolute Gasteiger partial charge is 0.330 e. The van der Waals surface area contributed by atoms with Crippen molar-refractivity contribution in [3.8, 4) is 6.07 Å². The van der Waals surface area contributed by atoms with E-state index >= 15 is 0 Å². The van der Waals surface area contributed by atoms with Crippen molar-refractivity contribution >= 4 is 28.2 Å². The van der Waals surface area contributed by atoms with Gasteiger partial charge in [0.15, 0.2) is 5.13 Å². The number of amides is 2. The van der Waals surface area contributed by atoms with Gasteiger partial charge in [-0.2, -0.15) is 18.4 Å². The zero-order chi connectivity index (χ0) is 17.7. The number of aromatic nitrogens is 1. The van der Waals surface area contributed by atoms with Gasteiger partial charge >= 0.3 is 12.2 Å². The largest absolute Gasteiger partial charge is 0.417 e. The summed E-state index contributed by atoms with van der Waals surface area (Å²) in [5.74, 6) is 0. The van der Waals surface area contributed by atoms with E-state index < -0.39 is 23.3 Å². The first-order valence-electron chi connectivity index (χ1n) is 6.67. The van der Waals surface area contributed by atoms with Crippen molar-refractivity contribution in [1.82, 2.24) is 4.98 Å². The molecule has 1 heterocycles. The number of carbonyl (C=O) groups is 1. The van der Waals surface area contributed by atoms with Crippen LogP contribution in [0.1, 0.15) is 16.0 Å². The quantitative estimate of drug-likeness (QED) is 0.783. The first-order chi connectivity index (χ1) is 11.3. The van der Waals surface area contributed by atoms with E-state index in [1.54, 1.807) is 6.20 Å². The molecule has 2 amide bonds. The van der Waals surface area contributed by atoms with Gasteiger partial charge < -0.3 is 11.1 Å². The van der Waals surface area contributed by atoms with Crippen LogP contribution in [0.15, 0.2) is 24.4 Å². The first-order valence-corrected chi connectivity index (χ1v) is 7.49. The lowest BCUT2D eigenvalue weighted by molar-refractivity contribution is -0.137. The lowest BCUT2D eigenvalue weighted by Gasteiger charge is -2.11. The third-order valence-corrected chi connectivity index (χ3v) is 3.84. The first kappa shape index (κ1) is 17.7. The second kappa shape index (κ2) is 7.29. The van der Waals surface area contributed by atoms with E-state index in [1.807, 2.05) is 0 Å². The monoisotopic (exact) mass is 355 g/mol. The predicted octanol–water partition coefficient (Wildman–Crippen LogP) is 3.18. The summed E-state index contributed by atoms with van der Waals surface area (Å²) < 4.78 is 38.6. The lowest BCUT2D eigenvalue weighted by Crippen LogP contribution is -2.20. The summed E-state index contributed by atoms with van der Waals surface area (Å²) in [6, 6.07) is 3.66. The summed E-state index contributed by atoms with van der Waals surface area (Å²) in [5, 5.41) is 13.7. The number of alkyl halides is 3. The van der Waals surface area contributed by atoms with Gasteiger partial charge in [-0.15, -0.1) is 11.3 Å². The number of halogens is 3. The molecule has 0 spiro atoms. The van der Waals surface area contributed by atoms with Crippen molar-refractivity contribution in [2.45, 2.75) is 12.6 Å². The Hall–Kier alpha value is -2.64. The van der Waals surface area contributed by atoms with E-state index in [0.29, 0.717) is 24.2 Å². The van der Waals surface area contributed by atoms with Crippen LogP contribution >= 0.6 is 11.3 Å². The normalized spacial score (nSPS) is 11.0. The van der Waals surface area contributed by atoms with Gasteiger partial charge in [0, 0.05) is 16.8 Å². The number of nitrogens with two attached hydrogens (primary N) is 1. The molecule has 2 aromatic rings. The Kier molecular flexibility index (Phi) is 5.38. The van der Waals surface area contributed by atoms with Crippen LogP contribution in [0, 0.1) is 11.3 Å². The number of nitrogens with zero attached hydrogens (tertiary/aromatic N) is 2. The van der Waals surface area contributed by atoms with Crippen molar-refractivity contribution in [2.75, 3.05) is 17.2 Å². The van der Waals surface area contributed by atoms with Crippen molar-refractivity contribution in [3.05, 3.63) is 40.4 Å². The fourth-order valence-corrected chi connectivity index (χ4v) is 2.66. The van der Waals surface area contributed by atoms with Crippen LogP contribution in [-0.4, -0.2) is 17.6 Å². The summed E-state index contributed by atoms with van der Waals surface area (Å²) >= 11 is 1.22. The molecule has 0 saturated heterocycles.